The standard InChI is InChI=1S/C15H19FN2O2/c1-8(2)13-14(19)17-10(4)15(20)18(13)12-6-5-9(3)7-11(12)16/h5-8,10,13H,1-4H3,(H,17,19). The smallest absolute Gasteiger partial charge is 0.250 e. The van der Waals surface area contributed by atoms with Crippen LogP contribution in [0.4, 0.5) is 10.1 Å². The second-order valence-corrected chi connectivity index (χ2v) is 5.58. The summed E-state index contributed by atoms with van der Waals surface area (Å²) < 4.78 is 14.2. The molecule has 1 fully saturated rings. The zero-order valence-corrected chi connectivity index (χ0v) is 12.1. The molecule has 1 aromatic carbocycles. The molecule has 108 valence electrons. The van der Waals surface area contributed by atoms with E-state index in [2.05, 4.69) is 5.32 Å². The molecule has 1 aliphatic rings. The van der Waals surface area contributed by atoms with Crippen LogP contribution in [0, 0.1) is 18.7 Å². The van der Waals surface area contributed by atoms with Crippen LogP contribution < -0.4 is 10.2 Å². The lowest BCUT2D eigenvalue weighted by molar-refractivity contribution is -0.134. The zero-order valence-electron chi connectivity index (χ0n) is 12.1. The van der Waals surface area contributed by atoms with Gasteiger partial charge in [-0.1, -0.05) is 19.9 Å². The van der Waals surface area contributed by atoms with Gasteiger partial charge in [0.1, 0.15) is 17.9 Å². The summed E-state index contributed by atoms with van der Waals surface area (Å²) in [7, 11) is 0. The van der Waals surface area contributed by atoms with Crippen molar-refractivity contribution in [2.75, 3.05) is 4.90 Å². The van der Waals surface area contributed by atoms with Crippen LogP contribution in [0.25, 0.3) is 0 Å². The minimum Gasteiger partial charge on any atom is -0.343 e. The van der Waals surface area contributed by atoms with Gasteiger partial charge in [0.15, 0.2) is 0 Å². The summed E-state index contributed by atoms with van der Waals surface area (Å²) in [5, 5.41) is 2.64. The Bertz CT molecular complexity index is 557. The Morgan fingerprint density at radius 1 is 1.30 bits per heavy atom. The van der Waals surface area contributed by atoms with Gasteiger partial charge in [0.25, 0.3) is 0 Å². The van der Waals surface area contributed by atoms with Gasteiger partial charge in [0.05, 0.1) is 5.69 Å². The predicted octanol–water partition coefficient (Wildman–Crippen LogP) is 2.01. The molecule has 4 nitrogen and oxygen atoms in total. The number of aryl methyl sites for hydroxylation is 1. The van der Waals surface area contributed by atoms with E-state index in [-0.39, 0.29) is 23.4 Å². The second kappa shape index (κ2) is 5.23. The monoisotopic (exact) mass is 278 g/mol. The first-order valence-electron chi connectivity index (χ1n) is 6.72. The van der Waals surface area contributed by atoms with Gasteiger partial charge in [-0.15, -0.1) is 0 Å². The highest BCUT2D eigenvalue weighted by molar-refractivity contribution is 6.08. The molecule has 0 saturated carbocycles. The highest BCUT2D eigenvalue weighted by Gasteiger charge is 2.41. The maximum Gasteiger partial charge on any atom is 0.250 e. The Morgan fingerprint density at radius 2 is 1.95 bits per heavy atom. The molecule has 0 spiro atoms. The van der Waals surface area contributed by atoms with Crippen LogP contribution >= 0.6 is 0 Å². The van der Waals surface area contributed by atoms with Gasteiger partial charge in [-0.3, -0.25) is 14.5 Å². The summed E-state index contributed by atoms with van der Waals surface area (Å²) in [4.78, 5) is 25.8. The van der Waals surface area contributed by atoms with E-state index in [0.717, 1.165) is 5.56 Å². The Kier molecular flexibility index (Phi) is 3.79. The molecule has 0 aliphatic carbocycles. The van der Waals surface area contributed by atoms with Crippen LogP contribution in [0.1, 0.15) is 26.3 Å². The number of nitrogens with one attached hydrogen (secondary N) is 1. The molecule has 2 unspecified atom stereocenters. The quantitative estimate of drug-likeness (QED) is 0.899. The Morgan fingerprint density at radius 3 is 2.50 bits per heavy atom. The molecule has 0 aromatic heterocycles. The number of carbonyl (C=O) groups excluding carboxylic acids is 2. The van der Waals surface area contributed by atoms with Gasteiger partial charge in [0, 0.05) is 0 Å². The van der Waals surface area contributed by atoms with E-state index in [1.165, 1.54) is 11.0 Å². The Balaban J connectivity index is 2.52. The lowest BCUT2D eigenvalue weighted by Crippen LogP contribution is -2.64. The summed E-state index contributed by atoms with van der Waals surface area (Å²) in [5.41, 5.74) is 0.940. The number of benzene rings is 1. The molecule has 2 amide bonds. The van der Waals surface area contributed by atoms with Crippen LogP contribution in [0.2, 0.25) is 0 Å². The molecule has 2 atom stereocenters. The predicted molar refractivity (Wildman–Crippen MR) is 74.9 cm³/mol. The third-order valence-electron chi connectivity index (χ3n) is 3.51. The second-order valence-electron chi connectivity index (χ2n) is 5.58. The van der Waals surface area contributed by atoms with Crippen molar-refractivity contribution in [2.45, 2.75) is 39.8 Å². The molecule has 1 N–H and O–H groups in total. The summed E-state index contributed by atoms with van der Waals surface area (Å²) in [6.07, 6.45) is 0. The normalized spacial score (nSPS) is 23.2. The fourth-order valence-corrected chi connectivity index (χ4v) is 2.50. The average molecular weight is 278 g/mol. The van der Waals surface area contributed by atoms with Crippen LogP contribution in [0.3, 0.4) is 0 Å². The number of piperazine rings is 1. The highest BCUT2D eigenvalue weighted by atomic mass is 19.1. The molecule has 1 saturated heterocycles. The van der Waals surface area contributed by atoms with Crippen molar-refractivity contribution in [3.63, 3.8) is 0 Å². The number of halogens is 1. The number of hydrogen-bond acceptors (Lipinski definition) is 2. The van der Waals surface area contributed by atoms with E-state index < -0.39 is 17.9 Å². The first-order valence-corrected chi connectivity index (χ1v) is 6.72. The van der Waals surface area contributed by atoms with Gasteiger partial charge in [0.2, 0.25) is 11.8 Å². The lowest BCUT2D eigenvalue weighted by Gasteiger charge is -2.39. The maximum atomic E-state index is 14.2. The van der Waals surface area contributed by atoms with Crippen LogP contribution in [0.5, 0.6) is 0 Å². The van der Waals surface area contributed by atoms with Crippen LogP contribution in [0.15, 0.2) is 18.2 Å². The SMILES string of the molecule is Cc1ccc(N2C(=O)C(C)NC(=O)C2C(C)C)c(F)c1. The third kappa shape index (κ3) is 2.40. The number of rotatable bonds is 2. The minimum absolute atomic E-state index is 0.104. The minimum atomic E-state index is -0.684. The van der Waals surface area contributed by atoms with Crippen molar-refractivity contribution in [1.29, 1.82) is 0 Å². The molecule has 0 radical (unpaired) electrons. The summed E-state index contributed by atoms with van der Waals surface area (Å²) in [5.74, 6) is -1.11. The van der Waals surface area contributed by atoms with Gasteiger partial charge in [-0.05, 0) is 37.5 Å². The molecule has 0 bridgehead atoms. The molecule has 5 heteroatoms. The highest BCUT2D eigenvalue weighted by Crippen LogP contribution is 2.28. The molecule has 1 aliphatic heterocycles. The topological polar surface area (TPSA) is 49.4 Å². The van der Waals surface area contributed by atoms with Crippen molar-refractivity contribution < 1.29 is 14.0 Å². The fraction of sp³-hybridized carbons (Fsp3) is 0.467. The molecule has 1 heterocycles. The van der Waals surface area contributed by atoms with Crippen molar-refractivity contribution in [2.24, 2.45) is 5.92 Å². The van der Waals surface area contributed by atoms with E-state index >= 15 is 0 Å². The first-order chi connectivity index (χ1) is 9.32. The van der Waals surface area contributed by atoms with E-state index in [4.69, 9.17) is 0 Å². The van der Waals surface area contributed by atoms with Gasteiger partial charge in [-0.2, -0.15) is 0 Å². The van der Waals surface area contributed by atoms with E-state index in [1.54, 1.807) is 26.0 Å². The van der Waals surface area contributed by atoms with E-state index in [1.807, 2.05) is 13.8 Å². The third-order valence-corrected chi connectivity index (χ3v) is 3.51. The van der Waals surface area contributed by atoms with Gasteiger partial charge in [-0.25, -0.2) is 4.39 Å². The lowest BCUT2D eigenvalue weighted by atomic mass is 9.96. The number of nitrogens with zero attached hydrogens (tertiary/aromatic N) is 1. The largest absolute Gasteiger partial charge is 0.343 e. The summed E-state index contributed by atoms with van der Waals surface area (Å²) in [6, 6.07) is 3.34. The van der Waals surface area contributed by atoms with Crippen LogP contribution in [-0.4, -0.2) is 23.9 Å². The number of anilines is 1. The van der Waals surface area contributed by atoms with Crippen molar-refractivity contribution in [3.8, 4) is 0 Å². The Labute approximate surface area is 118 Å². The number of hydrogen-bond donors (Lipinski definition) is 1. The summed E-state index contributed by atoms with van der Waals surface area (Å²) in [6.45, 7) is 7.06. The van der Waals surface area contributed by atoms with Gasteiger partial charge >= 0.3 is 0 Å². The molecule has 20 heavy (non-hydrogen) atoms. The maximum absolute atomic E-state index is 14.2. The molecular weight excluding hydrogens is 259 g/mol. The molecule has 1 aromatic rings. The van der Waals surface area contributed by atoms with Crippen LogP contribution in [-0.2, 0) is 9.59 Å². The summed E-state index contributed by atoms with van der Waals surface area (Å²) >= 11 is 0. The van der Waals surface area contributed by atoms with Gasteiger partial charge < -0.3 is 5.32 Å². The van der Waals surface area contributed by atoms with Crippen molar-refractivity contribution in [3.05, 3.63) is 29.6 Å². The average Bonchev–Trinajstić information content (AvgIpc) is 2.33. The Hall–Kier alpha value is -1.91. The first kappa shape index (κ1) is 14.5. The van der Waals surface area contributed by atoms with E-state index in [9.17, 15) is 14.0 Å². The molecular formula is C15H19FN2O2. The fourth-order valence-electron chi connectivity index (χ4n) is 2.50. The van der Waals surface area contributed by atoms with Crippen molar-refractivity contribution in [1.82, 2.24) is 5.32 Å². The number of amides is 2. The molecule has 2 rings (SSSR count). The zero-order chi connectivity index (χ0) is 15.0. The van der Waals surface area contributed by atoms with E-state index in [0.29, 0.717) is 0 Å². The van der Waals surface area contributed by atoms with Crippen molar-refractivity contribution >= 4 is 17.5 Å². The number of carbonyl (C=O) groups is 2.